The largest absolute Gasteiger partial charge is 0.457 e. The topological polar surface area (TPSA) is 110 Å². The van der Waals surface area contributed by atoms with Gasteiger partial charge >= 0.3 is 0 Å². The number of carbonyl (C=O) groups is 3. The zero-order valence-electron chi connectivity index (χ0n) is 26.5. The summed E-state index contributed by atoms with van der Waals surface area (Å²) >= 11 is 4.80. The van der Waals surface area contributed by atoms with Crippen LogP contribution in [0.2, 0.25) is 0 Å². The molecular weight excluding hydrogens is 714 g/mol. The Morgan fingerprint density at radius 2 is 1.30 bits per heavy atom. The van der Waals surface area contributed by atoms with Gasteiger partial charge in [-0.05, 0) is 97.1 Å². The van der Waals surface area contributed by atoms with E-state index in [4.69, 9.17) is 9.15 Å². The first-order valence-corrected chi connectivity index (χ1v) is 17.3. The highest BCUT2D eigenvalue weighted by Crippen LogP contribution is 2.26. The zero-order valence-corrected chi connectivity index (χ0v) is 28.9. The Bertz CT molecular complexity index is 2100. The summed E-state index contributed by atoms with van der Waals surface area (Å²) < 4.78 is 12.7. The number of furan rings is 1. The summed E-state index contributed by atoms with van der Waals surface area (Å²) in [5, 5.41) is 8.46. The Morgan fingerprint density at radius 1 is 0.680 bits per heavy atom. The smallest absolute Gasteiger partial charge is 0.272 e. The molecule has 0 radical (unpaired) electrons. The van der Waals surface area contributed by atoms with Gasteiger partial charge in [0.25, 0.3) is 11.8 Å². The first kappa shape index (κ1) is 34.0. The SMILES string of the molecule is O=C(CSc1ccc(NC(=O)/C(=C/c2ccc(-c3ccc(Br)cc3)o2)NC(=O)c2ccccc2)cc1)Nc1ccc(Oc2ccccc2)cc1. The molecule has 0 atom stereocenters. The van der Waals surface area contributed by atoms with Crippen LogP contribution in [0.15, 0.2) is 165 Å². The van der Waals surface area contributed by atoms with E-state index in [1.165, 1.54) is 17.8 Å². The molecule has 10 heteroatoms. The monoisotopic (exact) mass is 743 g/mol. The Labute approximate surface area is 301 Å². The van der Waals surface area contributed by atoms with E-state index in [1.807, 2.05) is 72.8 Å². The average molecular weight is 745 g/mol. The second kappa shape index (κ2) is 16.5. The molecule has 0 bridgehead atoms. The molecule has 0 spiro atoms. The highest BCUT2D eigenvalue weighted by molar-refractivity contribution is 9.10. The number of hydrogen-bond donors (Lipinski definition) is 3. The second-order valence-electron chi connectivity index (χ2n) is 10.8. The number of nitrogens with one attached hydrogen (secondary N) is 3. The fraction of sp³-hybridized carbons (Fsp3) is 0.0250. The molecule has 50 heavy (non-hydrogen) atoms. The van der Waals surface area contributed by atoms with Crippen molar-refractivity contribution < 1.29 is 23.5 Å². The third-order valence-electron chi connectivity index (χ3n) is 7.17. The molecular formula is C40H30BrN3O5S. The van der Waals surface area contributed by atoms with Crippen molar-refractivity contribution in [1.82, 2.24) is 5.32 Å². The maximum Gasteiger partial charge on any atom is 0.272 e. The van der Waals surface area contributed by atoms with Crippen LogP contribution in [0.1, 0.15) is 16.1 Å². The summed E-state index contributed by atoms with van der Waals surface area (Å²) in [6.07, 6.45) is 1.49. The van der Waals surface area contributed by atoms with Crippen LogP contribution in [-0.2, 0) is 9.59 Å². The molecule has 0 saturated carbocycles. The van der Waals surface area contributed by atoms with E-state index >= 15 is 0 Å². The summed E-state index contributed by atoms with van der Waals surface area (Å²) in [4.78, 5) is 40.0. The first-order chi connectivity index (χ1) is 24.4. The summed E-state index contributed by atoms with van der Waals surface area (Å²) in [6, 6.07) is 43.6. The van der Waals surface area contributed by atoms with Crippen molar-refractivity contribution in [2.45, 2.75) is 4.90 Å². The minimum absolute atomic E-state index is 0.00495. The van der Waals surface area contributed by atoms with Crippen LogP contribution in [0.4, 0.5) is 11.4 Å². The van der Waals surface area contributed by atoms with E-state index in [0.717, 1.165) is 20.7 Å². The molecule has 0 fully saturated rings. The number of amides is 3. The van der Waals surface area contributed by atoms with Crippen molar-refractivity contribution in [2.24, 2.45) is 0 Å². The number of thioether (sulfide) groups is 1. The van der Waals surface area contributed by atoms with Crippen molar-refractivity contribution in [3.05, 3.63) is 167 Å². The van der Waals surface area contributed by atoms with Gasteiger partial charge in [0.15, 0.2) is 0 Å². The van der Waals surface area contributed by atoms with Crippen LogP contribution in [0.25, 0.3) is 17.4 Å². The molecule has 0 aliphatic carbocycles. The van der Waals surface area contributed by atoms with Gasteiger partial charge in [0.1, 0.15) is 28.7 Å². The molecule has 5 aromatic carbocycles. The van der Waals surface area contributed by atoms with Gasteiger partial charge in [0.05, 0.1) is 5.75 Å². The second-order valence-corrected chi connectivity index (χ2v) is 12.8. The van der Waals surface area contributed by atoms with Crippen LogP contribution in [0.3, 0.4) is 0 Å². The Morgan fingerprint density at radius 3 is 2.00 bits per heavy atom. The fourth-order valence-corrected chi connectivity index (χ4v) is 5.66. The van der Waals surface area contributed by atoms with Gasteiger partial charge in [0, 0.05) is 37.9 Å². The summed E-state index contributed by atoms with van der Waals surface area (Å²) in [7, 11) is 0. The molecule has 1 aromatic heterocycles. The van der Waals surface area contributed by atoms with Crippen LogP contribution in [0, 0.1) is 0 Å². The van der Waals surface area contributed by atoms with Gasteiger partial charge in [-0.2, -0.15) is 0 Å². The highest BCUT2D eigenvalue weighted by atomic mass is 79.9. The van der Waals surface area contributed by atoms with Gasteiger partial charge in [-0.1, -0.05) is 64.5 Å². The predicted octanol–water partition coefficient (Wildman–Crippen LogP) is 9.64. The van der Waals surface area contributed by atoms with Crippen molar-refractivity contribution in [2.75, 3.05) is 16.4 Å². The number of hydrogen-bond acceptors (Lipinski definition) is 6. The van der Waals surface area contributed by atoms with Crippen molar-refractivity contribution in [1.29, 1.82) is 0 Å². The average Bonchev–Trinajstić information content (AvgIpc) is 3.61. The van der Waals surface area contributed by atoms with Crippen LogP contribution in [-0.4, -0.2) is 23.5 Å². The predicted molar refractivity (Wildman–Crippen MR) is 201 cm³/mol. The molecule has 6 rings (SSSR count). The van der Waals surface area contributed by atoms with Gasteiger partial charge < -0.3 is 25.1 Å². The molecule has 0 unspecified atom stereocenters. The number of carbonyl (C=O) groups excluding carboxylic acids is 3. The zero-order chi connectivity index (χ0) is 34.7. The highest BCUT2D eigenvalue weighted by Gasteiger charge is 2.17. The lowest BCUT2D eigenvalue weighted by Crippen LogP contribution is -2.30. The minimum atomic E-state index is -0.532. The normalized spacial score (nSPS) is 11.0. The lowest BCUT2D eigenvalue weighted by Gasteiger charge is -2.11. The number of para-hydroxylation sites is 1. The Balaban J connectivity index is 1.06. The maximum atomic E-state index is 13.5. The Hall–Kier alpha value is -5.84. The number of benzene rings is 5. The van der Waals surface area contributed by atoms with E-state index in [1.54, 1.807) is 72.8 Å². The number of rotatable bonds is 12. The molecule has 8 nitrogen and oxygen atoms in total. The van der Waals surface area contributed by atoms with Crippen molar-refractivity contribution in [3.63, 3.8) is 0 Å². The molecule has 6 aromatic rings. The first-order valence-electron chi connectivity index (χ1n) is 15.5. The third kappa shape index (κ3) is 9.62. The van der Waals surface area contributed by atoms with Crippen molar-refractivity contribution >= 4 is 62.9 Å². The summed E-state index contributed by atoms with van der Waals surface area (Å²) in [5.74, 6) is 1.48. The molecule has 0 aliphatic rings. The quantitative estimate of drug-likeness (QED) is 0.0851. The fourth-order valence-electron chi connectivity index (χ4n) is 4.69. The molecule has 3 N–H and O–H groups in total. The standard InChI is InChI=1S/C40H30BrN3O5S/c41-29-13-11-27(12-14-29)37-24-21-34(49-37)25-36(44-39(46)28-7-3-1-4-8-28)40(47)43-31-17-22-35(23-18-31)50-26-38(45)42-30-15-19-33(20-16-30)48-32-9-5-2-6-10-32/h1-25H,26H2,(H,42,45)(H,43,47)(H,44,46)/b36-25-. The molecule has 0 saturated heterocycles. The van der Waals surface area contributed by atoms with Crippen LogP contribution < -0.4 is 20.7 Å². The lowest BCUT2D eigenvalue weighted by atomic mass is 10.2. The molecule has 1 heterocycles. The van der Waals surface area contributed by atoms with Crippen LogP contribution >= 0.6 is 27.7 Å². The van der Waals surface area contributed by atoms with Crippen molar-refractivity contribution in [3.8, 4) is 22.8 Å². The van der Waals surface area contributed by atoms with E-state index in [0.29, 0.717) is 34.2 Å². The number of ether oxygens (including phenoxy) is 1. The molecule has 3 amide bonds. The number of halogens is 1. The van der Waals surface area contributed by atoms with E-state index < -0.39 is 11.8 Å². The van der Waals surface area contributed by atoms with E-state index in [-0.39, 0.29) is 17.4 Å². The minimum Gasteiger partial charge on any atom is -0.457 e. The van der Waals surface area contributed by atoms with Gasteiger partial charge in [-0.15, -0.1) is 11.8 Å². The molecule has 248 valence electrons. The van der Waals surface area contributed by atoms with Gasteiger partial charge in [-0.3, -0.25) is 14.4 Å². The lowest BCUT2D eigenvalue weighted by molar-refractivity contribution is -0.114. The Kier molecular flexibility index (Phi) is 11.2. The van der Waals surface area contributed by atoms with Gasteiger partial charge in [0.2, 0.25) is 5.91 Å². The number of anilines is 2. The molecule has 0 aliphatic heterocycles. The van der Waals surface area contributed by atoms with Crippen LogP contribution in [0.5, 0.6) is 11.5 Å². The van der Waals surface area contributed by atoms with E-state index in [9.17, 15) is 14.4 Å². The van der Waals surface area contributed by atoms with E-state index in [2.05, 4.69) is 31.9 Å². The third-order valence-corrected chi connectivity index (χ3v) is 8.71. The maximum absolute atomic E-state index is 13.5. The van der Waals surface area contributed by atoms with Gasteiger partial charge in [-0.25, -0.2) is 0 Å². The summed E-state index contributed by atoms with van der Waals surface area (Å²) in [6.45, 7) is 0. The summed E-state index contributed by atoms with van der Waals surface area (Å²) in [5.41, 5.74) is 2.45.